The third-order valence-electron chi connectivity index (χ3n) is 6.88. The highest BCUT2D eigenvalue weighted by molar-refractivity contribution is 5.96. The molecule has 188 valence electrons. The summed E-state index contributed by atoms with van der Waals surface area (Å²) >= 11 is 0. The highest BCUT2D eigenvalue weighted by Crippen LogP contribution is 2.37. The first-order valence-electron chi connectivity index (χ1n) is 12.6. The molecule has 6 heteroatoms. The number of fused-ring (bicyclic) bond motifs is 2. The molecule has 0 bridgehead atoms. The molecular formula is C32H26N2O4. The van der Waals surface area contributed by atoms with Gasteiger partial charge in [-0.05, 0) is 46.9 Å². The molecule has 2 heterocycles. The fourth-order valence-corrected chi connectivity index (χ4v) is 5.05. The van der Waals surface area contributed by atoms with Crippen molar-refractivity contribution in [3.05, 3.63) is 108 Å². The van der Waals surface area contributed by atoms with Gasteiger partial charge in [0, 0.05) is 30.3 Å². The SMILES string of the molecule is O=C(O)CCCn1c(O)nc2cc(-c3ccc(-c4c(Cc5ccccc5)oc5ccccc45)cc3)ccc21. The molecule has 0 aliphatic carbocycles. The minimum Gasteiger partial charge on any atom is -0.481 e. The molecule has 0 unspecified atom stereocenters. The standard InChI is InChI=1S/C32H26N2O4/c35-30(36)11-6-18-34-27-17-16-24(20-26(27)33-32(34)37)22-12-14-23(15-13-22)31-25-9-4-5-10-28(25)38-29(31)19-21-7-2-1-3-8-21/h1-5,7-10,12-17,20H,6,11,18-19H2,(H,33,37)(H,35,36). The first-order chi connectivity index (χ1) is 18.6. The second-order valence-corrected chi connectivity index (χ2v) is 9.40. The van der Waals surface area contributed by atoms with Crippen molar-refractivity contribution in [2.75, 3.05) is 0 Å². The number of aromatic nitrogens is 2. The molecule has 0 saturated carbocycles. The van der Waals surface area contributed by atoms with Crippen LogP contribution in [-0.2, 0) is 17.8 Å². The van der Waals surface area contributed by atoms with Crippen LogP contribution in [0.2, 0.25) is 0 Å². The van der Waals surface area contributed by atoms with Gasteiger partial charge < -0.3 is 14.6 Å². The predicted octanol–water partition coefficient (Wildman–Crippen LogP) is 7.28. The Morgan fingerprint density at radius 1 is 0.842 bits per heavy atom. The van der Waals surface area contributed by atoms with Gasteiger partial charge in [-0.2, -0.15) is 4.98 Å². The average Bonchev–Trinajstić information content (AvgIpc) is 3.45. The quantitative estimate of drug-likeness (QED) is 0.228. The maximum atomic E-state index is 10.8. The smallest absolute Gasteiger partial charge is 0.303 e. The molecule has 0 amide bonds. The molecule has 0 aliphatic heterocycles. The van der Waals surface area contributed by atoms with Crippen molar-refractivity contribution < 1.29 is 19.4 Å². The molecule has 0 saturated heterocycles. The molecule has 4 aromatic carbocycles. The number of carbonyl (C=O) groups is 1. The molecule has 2 N–H and O–H groups in total. The van der Waals surface area contributed by atoms with Gasteiger partial charge in [0.15, 0.2) is 0 Å². The second kappa shape index (κ2) is 9.90. The highest BCUT2D eigenvalue weighted by Gasteiger charge is 2.17. The van der Waals surface area contributed by atoms with Crippen molar-refractivity contribution in [1.29, 1.82) is 0 Å². The fraction of sp³-hybridized carbons (Fsp3) is 0.125. The lowest BCUT2D eigenvalue weighted by molar-refractivity contribution is -0.137. The number of imidazole rings is 1. The number of rotatable bonds is 8. The lowest BCUT2D eigenvalue weighted by Crippen LogP contribution is -2.01. The molecule has 6 aromatic rings. The molecule has 6 rings (SSSR count). The minimum atomic E-state index is -0.852. The number of furan rings is 1. The molecule has 0 aliphatic rings. The van der Waals surface area contributed by atoms with Crippen LogP contribution in [0, 0.1) is 0 Å². The van der Waals surface area contributed by atoms with Crippen LogP contribution in [-0.4, -0.2) is 25.7 Å². The Morgan fingerprint density at radius 2 is 1.55 bits per heavy atom. The summed E-state index contributed by atoms with van der Waals surface area (Å²) < 4.78 is 7.96. The normalized spacial score (nSPS) is 11.4. The fourth-order valence-electron chi connectivity index (χ4n) is 5.05. The molecule has 0 spiro atoms. The maximum Gasteiger partial charge on any atom is 0.303 e. The Hall–Kier alpha value is -4.84. The first kappa shape index (κ1) is 23.6. The van der Waals surface area contributed by atoms with E-state index in [2.05, 4.69) is 47.4 Å². The highest BCUT2D eigenvalue weighted by atomic mass is 16.4. The van der Waals surface area contributed by atoms with Crippen molar-refractivity contribution in [1.82, 2.24) is 9.55 Å². The summed E-state index contributed by atoms with van der Waals surface area (Å²) in [6, 6.07) is 32.7. The Labute approximate surface area is 219 Å². The van der Waals surface area contributed by atoms with E-state index in [4.69, 9.17) is 9.52 Å². The van der Waals surface area contributed by atoms with Gasteiger partial charge in [0.25, 0.3) is 6.01 Å². The van der Waals surface area contributed by atoms with Crippen LogP contribution in [0.3, 0.4) is 0 Å². The zero-order valence-corrected chi connectivity index (χ0v) is 20.7. The lowest BCUT2D eigenvalue weighted by Gasteiger charge is -2.08. The summed E-state index contributed by atoms with van der Waals surface area (Å²) in [5, 5.41) is 20.3. The molecule has 2 aromatic heterocycles. The van der Waals surface area contributed by atoms with E-state index in [9.17, 15) is 9.90 Å². The summed E-state index contributed by atoms with van der Waals surface area (Å²) in [6.45, 7) is 0.395. The Kier molecular flexibility index (Phi) is 6.14. The van der Waals surface area contributed by atoms with E-state index in [0.717, 1.165) is 44.5 Å². The number of aryl methyl sites for hydroxylation is 1. The summed E-state index contributed by atoms with van der Waals surface area (Å²) in [5.41, 5.74) is 7.75. The molecule has 6 nitrogen and oxygen atoms in total. The summed E-state index contributed by atoms with van der Waals surface area (Å²) in [5.74, 6) is 0.0886. The van der Waals surface area contributed by atoms with Crippen LogP contribution in [0.5, 0.6) is 6.01 Å². The lowest BCUT2D eigenvalue weighted by atomic mass is 9.96. The second-order valence-electron chi connectivity index (χ2n) is 9.40. The van der Waals surface area contributed by atoms with E-state index >= 15 is 0 Å². The van der Waals surface area contributed by atoms with Crippen molar-refractivity contribution in [3.8, 4) is 28.3 Å². The van der Waals surface area contributed by atoms with Crippen molar-refractivity contribution >= 4 is 28.0 Å². The zero-order chi connectivity index (χ0) is 26.1. The summed E-state index contributed by atoms with van der Waals surface area (Å²) in [6.07, 6.45) is 1.18. The molecule has 0 atom stereocenters. The van der Waals surface area contributed by atoms with E-state index in [0.29, 0.717) is 24.9 Å². The molecular weight excluding hydrogens is 476 g/mol. The number of aromatic hydroxyl groups is 1. The van der Waals surface area contributed by atoms with Crippen LogP contribution in [0.15, 0.2) is 101 Å². The largest absolute Gasteiger partial charge is 0.481 e. The summed E-state index contributed by atoms with van der Waals surface area (Å²) in [7, 11) is 0. The number of carboxylic acids is 1. The van der Waals surface area contributed by atoms with Crippen molar-refractivity contribution in [2.24, 2.45) is 0 Å². The summed E-state index contributed by atoms with van der Waals surface area (Å²) in [4.78, 5) is 15.1. The predicted molar refractivity (Wildman–Crippen MR) is 148 cm³/mol. The van der Waals surface area contributed by atoms with Gasteiger partial charge in [-0.3, -0.25) is 9.36 Å². The van der Waals surface area contributed by atoms with Crippen molar-refractivity contribution in [3.63, 3.8) is 0 Å². The van der Waals surface area contributed by atoms with Gasteiger partial charge in [0.2, 0.25) is 0 Å². The maximum absolute atomic E-state index is 10.8. The number of hydrogen-bond acceptors (Lipinski definition) is 4. The zero-order valence-electron chi connectivity index (χ0n) is 20.7. The number of aliphatic carboxylic acids is 1. The monoisotopic (exact) mass is 502 g/mol. The van der Waals surface area contributed by atoms with E-state index < -0.39 is 5.97 Å². The number of nitrogens with zero attached hydrogens (tertiary/aromatic N) is 2. The number of benzene rings is 4. The van der Waals surface area contributed by atoms with Gasteiger partial charge in [-0.1, -0.05) is 78.9 Å². The van der Waals surface area contributed by atoms with E-state index in [-0.39, 0.29) is 12.4 Å². The average molecular weight is 503 g/mol. The van der Waals surface area contributed by atoms with E-state index in [1.54, 1.807) is 4.57 Å². The third kappa shape index (κ3) is 4.52. The van der Waals surface area contributed by atoms with Crippen LogP contribution in [0.1, 0.15) is 24.2 Å². The minimum absolute atomic E-state index is 0.0442. The van der Waals surface area contributed by atoms with E-state index in [1.807, 2.05) is 54.6 Å². The molecule has 0 fully saturated rings. The van der Waals surface area contributed by atoms with Gasteiger partial charge in [-0.25, -0.2) is 0 Å². The van der Waals surface area contributed by atoms with Crippen molar-refractivity contribution in [2.45, 2.75) is 25.8 Å². The van der Waals surface area contributed by atoms with Crippen LogP contribution in [0.4, 0.5) is 0 Å². The van der Waals surface area contributed by atoms with Crippen LogP contribution < -0.4 is 0 Å². The number of para-hydroxylation sites is 1. The van der Waals surface area contributed by atoms with Crippen LogP contribution >= 0.6 is 0 Å². The van der Waals surface area contributed by atoms with Gasteiger partial charge in [0.05, 0.1) is 11.0 Å². The topological polar surface area (TPSA) is 88.5 Å². The van der Waals surface area contributed by atoms with E-state index in [1.165, 1.54) is 5.56 Å². The van der Waals surface area contributed by atoms with Crippen LogP contribution in [0.25, 0.3) is 44.3 Å². The Morgan fingerprint density at radius 3 is 2.34 bits per heavy atom. The van der Waals surface area contributed by atoms with Gasteiger partial charge in [0.1, 0.15) is 11.3 Å². The number of hydrogen-bond donors (Lipinski definition) is 2. The molecule has 0 radical (unpaired) electrons. The Balaban J connectivity index is 1.32. The molecule has 38 heavy (non-hydrogen) atoms. The first-order valence-corrected chi connectivity index (χ1v) is 12.6. The third-order valence-corrected chi connectivity index (χ3v) is 6.88. The Bertz CT molecular complexity index is 1750. The number of carboxylic acid groups (broad SMARTS) is 1. The van der Waals surface area contributed by atoms with Gasteiger partial charge in [-0.15, -0.1) is 0 Å². The van der Waals surface area contributed by atoms with Gasteiger partial charge >= 0.3 is 5.97 Å².